The van der Waals surface area contributed by atoms with E-state index in [1.807, 2.05) is 0 Å². The van der Waals surface area contributed by atoms with Gasteiger partial charge in [-0.15, -0.1) is 0 Å². The highest BCUT2D eigenvalue weighted by molar-refractivity contribution is 5.94. The van der Waals surface area contributed by atoms with E-state index in [4.69, 9.17) is 15.3 Å². The number of aryl methyl sites for hydroxylation is 1. The first-order valence-electron chi connectivity index (χ1n) is 5.38. The third-order valence-corrected chi connectivity index (χ3v) is 2.59. The van der Waals surface area contributed by atoms with Crippen molar-refractivity contribution in [2.75, 3.05) is 19.8 Å². The second-order valence-corrected chi connectivity index (χ2v) is 4.23. The number of hydrogen-bond acceptors (Lipinski definition) is 4. The van der Waals surface area contributed by atoms with Crippen LogP contribution in [0.5, 0.6) is 0 Å². The molecule has 0 radical (unpaired) electrons. The lowest BCUT2D eigenvalue weighted by Gasteiger charge is -2.28. The molecule has 0 bridgehead atoms. The highest BCUT2D eigenvalue weighted by Crippen LogP contribution is 2.10. The van der Waals surface area contributed by atoms with Crippen LogP contribution in [0.1, 0.15) is 15.9 Å². The summed E-state index contributed by atoms with van der Waals surface area (Å²) in [6, 6.07) is 3.78. The molecule has 0 fully saturated rings. The Hall–Kier alpha value is -1.50. The standard InChI is InChI=1S/C12H16FNO4/c1-8-2-9(4-10(13)3-8)11(18)14-12(5-15,6-16)7-17/h2-4,15-17H,5-7H2,1H3,(H,14,18). The maximum atomic E-state index is 13.1. The van der Waals surface area contributed by atoms with Crippen LogP contribution >= 0.6 is 0 Å². The monoisotopic (exact) mass is 257 g/mol. The van der Waals surface area contributed by atoms with E-state index in [0.717, 1.165) is 6.07 Å². The molecule has 4 N–H and O–H groups in total. The number of carbonyl (C=O) groups excluding carboxylic acids is 1. The normalized spacial score (nSPS) is 11.4. The van der Waals surface area contributed by atoms with Gasteiger partial charge in [0.2, 0.25) is 0 Å². The minimum Gasteiger partial charge on any atom is -0.394 e. The Morgan fingerprint density at radius 3 is 2.22 bits per heavy atom. The van der Waals surface area contributed by atoms with Gasteiger partial charge in [-0.3, -0.25) is 4.79 Å². The number of aliphatic hydroxyl groups is 3. The van der Waals surface area contributed by atoms with Gasteiger partial charge in [-0.05, 0) is 30.7 Å². The van der Waals surface area contributed by atoms with Gasteiger partial charge >= 0.3 is 0 Å². The van der Waals surface area contributed by atoms with Gasteiger partial charge < -0.3 is 20.6 Å². The van der Waals surface area contributed by atoms with E-state index in [0.29, 0.717) is 5.56 Å². The van der Waals surface area contributed by atoms with Crippen molar-refractivity contribution in [3.63, 3.8) is 0 Å². The van der Waals surface area contributed by atoms with Crippen LogP contribution in [0.3, 0.4) is 0 Å². The first-order valence-corrected chi connectivity index (χ1v) is 5.38. The zero-order valence-electron chi connectivity index (χ0n) is 9.98. The van der Waals surface area contributed by atoms with Crippen molar-refractivity contribution in [1.29, 1.82) is 0 Å². The highest BCUT2D eigenvalue weighted by Gasteiger charge is 2.30. The number of rotatable bonds is 5. The van der Waals surface area contributed by atoms with E-state index in [1.165, 1.54) is 12.1 Å². The van der Waals surface area contributed by atoms with Crippen molar-refractivity contribution in [3.05, 3.63) is 35.1 Å². The molecule has 0 heterocycles. The lowest BCUT2D eigenvalue weighted by molar-refractivity contribution is 0.0375. The molecule has 0 aliphatic carbocycles. The number of carbonyl (C=O) groups is 1. The van der Waals surface area contributed by atoms with Crippen LogP contribution in [0.15, 0.2) is 18.2 Å². The summed E-state index contributed by atoms with van der Waals surface area (Å²) in [5, 5.41) is 29.5. The molecule has 18 heavy (non-hydrogen) atoms. The number of hydrogen-bond donors (Lipinski definition) is 4. The van der Waals surface area contributed by atoms with Gasteiger partial charge in [-0.1, -0.05) is 0 Å². The van der Waals surface area contributed by atoms with Gasteiger partial charge in [0.05, 0.1) is 19.8 Å². The maximum absolute atomic E-state index is 13.1. The Morgan fingerprint density at radius 1 is 1.22 bits per heavy atom. The molecule has 1 amide bonds. The van der Waals surface area contributed by atoms with Gasteiger partial charge in [-0.2, -0.15) is 0 Å². The Bertz CT molecular complexity index is 404. The van der Waals surface area contributed by atoms with Crippen LogP contribution in [0.2, 0.25) is 0 Å². The molecule has 0 aliphatic rings. The summed E-state index contributed by atoms with van der Waals surface area (Å²) in [5.41, 5.74) is -0.882. The molecular formula is C12H16FNO4. The average Bonchev–Trinajstić information content (AvgIpc) is 2.35. The lowest BCUT2D eigenvalue weighted by Crippen LogP contribution is -2.57. The number of nitrogens with one attached hydrogen (secondary N) is 1. The summed E-state index contributed by atoms with van der Waals surface area (Å²) in [5.74, 6) is -1.22. The van der Waals surface area contributed by atoms with Crippen LogP contribution in [-0.2, 0) is 0 Å². The summed E-state index contributed by atoms with van der Waals surface area (Å²) in [4.78, 5) is 11.8. The SMILES string of the molecule is Cc1cc(F)cc(C(=O)NC(CO)(CO)CO)c1. The van der Waals surface area contributed by atoms with Crippen molar-refractivity contribution in [1.82, 2.24) is 5.32 Å². The molecule has 0 unspecified atom stereocenters. The fraction of sp³-hybridized carbons (Fsp3) is 0.417. The molecular weight excluding hydrogens is 241 g/mol. The van der Waals surface area contributed by atoms with Gasteiger partial charge in [0.15, 0.2) is 0 Å². The van der Waals surface area contributed by atoms with Crippen molar-refractivity contribution < 1.29 is 24.5 Å². The number of aliphatic hydroxyl groups excluding tert-OH is 3. The Labute approximate surface area is 104 Å². The number of benzene rings is 1. The lowest BCUT2D eigenvalue weighted by atomic mass is 10.0. The van der Waals surface area contributed by atoms with Gasteiger partial charge in [0, 0.05) is 5.56 Å². The molecule has 0 aromatic heterocycles. The topological polar surface area (TPSA) is 89.8 Å². The van der Waals surface area contributed by atoms with Gasteiger partial charge in [0.1, 0.15) is 11.4 Å². The highest BCUT2D eigenvalue weighted by atomic mass is 19.1. The van der Waals surface area contributed by atoms with E-state index in [1.54, 1.807) is 6.92 Å². The maximum Gasteiger partial charge on any atom is 0.252 e. The Kier molecular flexibility index (Phi) is 4.77. The molecule has 0 atom stereocenters. The minimum absolute atomic E-state index is 0.0622. The summed E-state index contributed by atoms with van der Waals surface area (Å²) >= 11 is 0. The molecule has 100 valence electrons. The first kappa shape index (κ1) is 14.6. The van der Waals surface area contributed by atoms with Crippen LogP contribution in [0.4, 0.5) is 4.39 Å². The predicted octanol–water partition coefficient (Wildman–Crippen LogP) is -0.420. The van der Waals surface area contributed by atoms with E-state index >= 15 is 0 Å². The third kappa shape index (κ3) is 3.25. The number of amides is 1. The predicted molar refractivity (Wildman–Crippen MR) is 62.6 cm³/mol. The van der Waals surface area contributed by atoms with Gasteiger partial charge in [0.25, 0.3) is 5.91 Å². The number of halogens is 1. The molecule has 1 aromatic carbocycles. The van der Waals surface area contributed by atoms with Crippen LogP contribution in [0, 0.1) is 12.7 Å². The molecule has 6 heteroatoms. The zero-order valence-corrected chi connectivity index (χ0v) is 9.98. The molecule has 0 saturated heterocycles. The quantitative estimate of drug-likeness (QED) is 0.577. The summed E-state index contributed by atoms with van der Waals surface area (Å²) in [7, 11) is 0. The van der Waals surface area contributed by atoms with E-state index in [2.05, 4.69) is 5.32 Å². The first-order chi connectivity index (χ1) is 8.46. The fourth-order valence-corrected chi connectivity index (χ4v) is 1.45. The van der Waals surface area contributed by atoms with Crippen LogP contribution in [-0.4, -0.2) is 46.6 Å². The van der Waals surface area contributed by atoms with Gasteiger partial charge in [-0.25, -0.2) is 4.39 Å². The van der Waals surface area contributed by atoms with Crippen molar-refractivity contribution in [2.45, 2.75) is 12.5 Å². The molecule has 1 rings (SSSR count). The third-order valence-electron chi connectivity index (χ3n) is 2.59. The largest absolute Gasteiger partial charge is 0.394 e. The Balaban J connectivity index is 2.94. The second-order valence-electron chi connectivity index (χ2n) is 4.23. The van der Waals surface area contributed by atoms with Crippen molar-refractivity contribution in [2.24, 2.45) is 0 Å². The van der Waals surface area contributed by atoms with E-state index in [-0.39, 0.29) is 5.56 Å². The second kappa shape index (κ2) is 5.90. The molecule has 1 aromatic rings. The van der Waals surface area contributed by atoms with E-state index < -0.39 is 37.1 Å². The minimum atomic E-state index is -1.52. The summed E-state index contributed by atoms with van der Waals surface area (Å²) in [6.07, 6.45) is 0. The van der Waals surface area contributed by atoms with E-state index in [9.17, 15) is 9.18 Å². The van der Waals surface area contributed by atoms with Crippen LogP contribution < -0.4 is 5.32 Å². The van der Waals surface area contributed by atoms with Crippen molar-refractivity contribution >= 4 is 5.91 Å². The zero-order chi connectivity index (χ0) is 13.8. The smallest absolute Gasteiger partial charge is 0.252 e. The molecule has 0 spiro atoms. The molecule has 0 saturated carbocycles. The Morgan fingerprint density at radius 2 is 1.78 bits per heavy atom. The summed E-state index contributed by atoms with van der Waals surface area (Å²) < 4.78 is 13.1. The fourth-order valence-electron chi connectivity index (χ4n) is 1.45. The van der Waals surface area contributed by atoms with Crippen LogP contribution in [0.25, 0.3) is 0 Å². The van der Waals surface area contributed by atoms with Crippen molar-refractivity contribution in [3.8, 4) is 0 Å². The molecule has 5 nitrogen and oxygen atoms in total. The summed E-state index contributed by atoms with van der Waals surface area (Å²) in [6.45, 7) is -0.239. The molecule has 0 aliphatic heterocycles. The average molecular weight is 257 g/mol.